The molecule has 0 saturated heterocycles. The number of rotatable bonds is 3. The number of carbonyl (C=O) groups is 1. The van der Waals surface area contributed by atoms with Gasteiger partial charge in [-0.15, -0.1) is 0 Å². The van der Waals surface area contributed by atoms with E-state index < -0.39 is 11.9 Å². The van der Waals surface area contributed by atoms with E-state index in [0.29, 0.717) is 39.5 Å². The first-order chi connectivity index (χ1) is 16.5. The van der Waals surface area contributed by atoms with Crippen molar-refractivity contribution in [3.63, 3.8) is 0 Å². The summed E-state index contributed by atoms with van der Waals surface area (Å²) in [6.45, 7) is 0.0619. The van der Waals surface area contributed by atoms with Crippen LogP contribution in [0.3, 0.4) is 0 Å². The van der Waals surface area contributed by atoms with Gasteiger partial charge in [-0.3, -0.25) is 9.59 Å². The predicted octanol–water partition coefficient (Wildman–Crippen LogP) is 4.34. The number of aromatic hydroxyl groups is 1. The topological polar surface area (TPSA) is 104 Å². The summed E-state index contributed by atoms with van der Waals surface area (Å²) >= 11 is 0. The Morgan fingerprint density at radius 1 is 1.03 bits per heavy atom. The van der Waals surface area contributed by atoms with Crippen molar-refractivity contribution in [3.05, 3.63) is 76.1 Å². The number of ether oxygens (including phenoxy) is 4. The van der Waals surface area contributed by atoms with Crippen molar-refractivity contribution in [2.24, 2.45) is 0 Å². The Morgan fingerprint density at radius 3 is 2.65 bits per heavy atom. The van der Waals surface area contributed by atoms with Crippen molar-refractivity contribution < 1.29 is 33.3 Å². The minimum absolute atomic E-state index is 0.000178. The Labute approximate surface area is 192 Å². The van der Waals surface area contributed by atoms with Crippen LogP contribution >= 0.6 is 0 Å². The predicted molar refractivity (Wildman–Crippen MR) is 121 cm³/mol. The van der Waals surface area contributed by atoms with Gasteiger partial charge in [0, 0.05) is 17.5 Å². The summed E-state index contributed by atoms with van der Waals surface area (Å²) in [5.74, 6) is 0.242. The SMILES string of the molecule is COc1cc([C@@H]2CC(=O)Oc3cc(O)c4c(=O)c(-c5ccccc5)coc4c32)cc2c1OCO2. The average Bonchev–Trinajstić information content (AvgIpc) is 3.32. The summed E-state index contributed by atoms with van der Waals surface area (Å²) in [4.78, 5) is 25.9. The second-order valence-corrected chi connectivity index (χ2v) is 8.04. The van der Waals surface area contributed by atoms with E-state index in [0.717, 1.165) is 0 Å². The summed E-state index contributed by atoms with van der Waals surface area (Å²) in [5.41, 5.74) is 1.95. The first-order valence-electron chi connectivity index (χ1n) is 10.6. The van der Waals surface area contributed by atoms with Crippen LogP contribution in [0.25, 0.3) is 22.1 Å². The molecule has 0 spiro atoms. The Bertz CT molecular complexity index is 1520. The van der Waals surface area contributed by atoms with Crippen LogP contribution in [0.2, 0.25) is 0 Å². The van der Waals surface area contributed by atoms with Crippen molar-refractivity contribution in [2.75, 3.05) is 13.9 Å². The number of carbonyl (C=O) groups excluding carboxylic acids is 1. The fraction of sp³-hybridized carbons (Fsp3) is 0.154. The summed E-state index contributed by atoms with van der Waals surface area (Å²) in [5, 5.41) is 10.7. The summed E-state index contributed by atoms with van der Waals surface area (Å²) in [7, 11) is 1.52. The third-order valence-electron chi connectivity index (χ3n) is 6.14. The van der Waals surface area contributed by atoms with E-state index in [1.165, 1.54) is 19.4 Å². The van der Waals surface area contributed by atoms with E-state index in [1.54, 1.807) is 24.3 Å². The summed E-state index contributed by atoms with van der Waals surface area (Å²) < 4.78 is 27.9. The van der Waals surface area contributed by atoms with Gasteiger partial charge in [-0.1, -0.05) is 30.3 Å². The monoisotopic (exact) mass is 458 g/mol. The Balaban J connectivity index is 1.60. The van der Waals surface area contributed by atoms with Gasteiger partial charge in [-0.05, 0) is 23.3 Å². The van der Waals surface area contributed by atoms with Gasteiger partial charge in [-0.25, -0.2) is 0 Å². The van der Waals surface area contributed by atoms with Crippen molar-refractivity contribution in [3.8, 4) is 39.9 Å². The molecule has 6 rings (SSSR count). The molecule has 1 atom stereocenters. The molecule has 3 aromatic carbocycles. The maximum atomic E-state index is 13.4. The Hall–Kier alpha value is -4.46. The van der Waals surface area contributed by atoms with Gasteiger partial charge >= 0.3 is 5.97 Å². The zero-order chi connectivity index (χ0) is 23.4. The van der Waals surface area contributed by atoms with Crippen LogP contribution in [0.4, 0.5) is 0 Å². The number of esters is 1. The largest absolute Gasteiger partial charge is 0.507 e. The normalized spacial score (nSPS) is 16.3. The molecule has 0 fully saturated rings. The lowest BCUT2D eigenvalue weighted by molar-refractivity contribution is -0.135. The molecular formula is C26H18O8. The van der Waals surface area contributed by atoms with Crippen LogP contribution < -0.4 is 24.4 Å². The third kappa shape index (κ3) is 2.99. The molecule has 2 aliphatic rings. The maximum Gasteiger partial charge on any atom is 0.312 e. The zero-order valence-electron chi connectivity index (χ0n) is 18.0. The molecule has 3 heterocycles. The average molecular weight is 458 g/mol. The molecule has 170 valence electrons. The molecule has 1 aromatic heterocycles. The molecular weight excluding hydrogens is 440 g/mol. The molecule has 8 nitrogen and oxygen atoms in total. The van der Waals surface area contributed by atoms with E-state index >= 15 is 0 Å². The molecule has 1 N–H and O–H groups in total. The number of benzene rings is 3. The van der Waals surface area contributed by atoms with Crippen LogP contribution in [0.5, 0.6) is 28.7 Å². The van der Waals surface area contributed by atoms with Crippen molar-refractivity contribution in [1.82, 2.24) is 0 Å². The number of hydrogen-bond donors (Lipinski definition) is 1. The first-order valence-corrected chi connectivity index (χ1v) is 10.6. The van der Waals surface area contributed by atoms with Gasteiger partial charge in [0.25, 0.3) is 0 Å². The summed E-state index contributed by atoms with van der Waals surface area (Å²) in [6, 6.07) is 13.9. The van der Waals surface area contributed by atoms with Crippen LogP contribution in [0.15, 0.2) is 64.0 Å². The number of phenolic OH excluding ortho intramolecular Hbond substituents is 1. The van der Waals surface area contributed by atoms with Crippen molar-refractivity contribution in [1.29, 1.82) is 0 Å². The van der Waals surface area contributed by atoms with Crippen LogP contribution in [-0.2, 0) is 4.79 Å². The highest BCUT2D eigenvalue weighted by Gasteiger charge is 2.35. The van der Waals surface area contributed by atoms with Crippen LogP contribution in [0.1, 0.15) is 23.5 Å². The molecule has 2 aliphatic heterocycles. The lowest BCUT2D eigenvalue weighted by Crippen LogP contribution is -2.22. The van der Waals surface area contributed by atoms with E-state index in [9.17, 15) is 14.7 Å². The van der Waals surface area contributed by atoms with E-state index in [1.807, 2.05) is 18.2 Å². The molecule has 0 bridgehead atoms. The van der Waals surface area contributed by atoms with Gasteiger partial charge in [0.05, 0.1) is 19.1 Å². The smallest absolute Gasteiger partial charge is 0.312 e. The minimum atomic E-state index is -0.534. The number of methoxy groups -OCH3 is 1. The number of phenols is 1. The lowest BCUT2D eigenvalue weighted by Gasteiger charge is -2.26. The van der Waals surface area contributed by atoms with Gasteiger partial charge < -0.3 is 28.5 Å². The van der Waals surface area contributed by atoms with E-state index in [4.69, 9.17) is 23.4 Å². The quantitative estimate of drug-likeness (QED) is 0.357. The highest BCUT2D eigenvalue weighted by atomic mass is 16.7. The van der Waals surface area contributed by atoms with Crippen LogP contribution in [-0.4, -0.2) is 25.0 Å². The Morgan fingerprint density at radius 2 is 1.85 bits per heavy atom. The maximum absolute atomic E-state index is 13.4. The molecule has 0 amide bonds. The van der Waals surface area contributed by atoms with Gasteiger partial charge in [0.15, 0.2) is 11.5 Å². The standard InChI is InChI=1S/C26H18O8/c1-30-19-7-14(8-20-25(19)33-12-32-20)15-9-21(28)34-18-10-17(27)23-24(29)16(11-31-26(23)22(15)18)13-5-3-2-4-6-13/h2-8,10-11,15,27H,9,12H2,1H3/t15-/m0/s1. The molecule has 0 unspecified atom stereocenters. The zero-order valence-corrected chi connectivity index (χ0v) is 18.0. The third-order valence-corrected chi connectivity index (χ3v) is 6.14. The van der Waals surface area contributed by atoms with Gasteiger partial charge in [0.1, 0.15) is 28.7 Å². The van der Waals surface area contributed by atoms with Gasteiger partial charge in [-0.2, -0.15) is 0 Å². The molecule has 0 radical (unpaired) electrons. The van der Waals surface area contributed by atoms with Gasteiger partial charge in [0.2, 0.25) is 18.0 Å². The summed E-state index contributed by atoms with van der Waals surface area (Å²) in [6.07, 6.45) is 1.37. The van der Waals surface area contributed by atoms with Crippen molar-refractivity contribution >= 4 is 16.9 Å². The molecule has 8 heteroatoms. The number of hydrogen-bond acceptors (Lipinski definition) is 8. The fourth-order valence-corrected chi connectivity index (χ4v) is 4.58. The molecule has 0 saturated carbocycles. The fourth-order valence-electron chi connectivity index (χ4n) is 4.58. The van der Waals surface area contributed by atoms with E-state index in [-0.39, 0.29) is 41.1 Å². The molecule has 34 heavy (non-hydrogen) atoms. The minimum Gasteiger partial charge on any atom is -0.507 e. The van der Waals surface area contributed by atoms with Crippen molar-refractivity contribution in [2.45, 2.75) is 12.3 Å². The molecule has 0 aliphatic carbocycles. The van der Waals surface area contributed by atoms with E-state index in [2.05, 4.69) is 0 Å². The Kier molecular flexibility index (Phi) is 4.48. The van der Waals surface area contributed by atoms with Crippen LogP contribution in [0, 0.1) is 0 Å². The first kappa shape index (κ1) is 20.2. The molecule has 4 aromatic rings. The lowest BCUT2D eigenvalue weighted by atomic mass is 9.84. The second kappa shape index (κ2) is 7.55. The number of fused-ring (bicyclic) bond motifs is 4. The second-order valence-electron chi connectivity index (χ2n) is 8.04. The highest BCUT2D eigenvalue weighted by molar-refractivity contribution is 5.94. The highest BCUT2D eigenvalue weighted by Crippen LogP contribution is 2.49.